The van der Waals surface area contributed by atoms with E-state index in [1.807, 2.05) is 12.1 Å². The number of aliphatic hydroxyl groups is 1. The lowest BCUT2D eigenvalue weighted by atomic mass is 9.83. The Kier molecular flexibility index (Phi) is 4.88. The largest absolute Gasteiger partial charge is 0.481 e. The highest BCUT2D eigenvalue weighted by molar-refractivity contribution is 6.32. The number of aromatic nitrogens is 2. The van der Waals surface area contributed by atoms with Gasteiger partial charge in [-0.1, -0.05) is 11.6 Å². The van der Waals surface area contributed by atoms with E-state index in [0.29, 0.717) is 40.3 Å². The molecular weight excluding hydrogens is 410 g/mol. The number of methoxy groups -OCH3 is 2. The quantitative estimate of drug-likeness (QED) is 0.770. The summed E-state index contributed by atoms with van der Waals surface area (Å²) in [5.74, 6) is 2.14. The summed E-state index contributed by atoms with van der Waals surface area (Å²) in [5.41, 5.74) is 0.674. The topological polar surface area (TPSA) is 86.2 Å². The number of benzene rings is 1. The highest BCUT2D eigenvalue weighted by Crippen LogP contribution is 2.52. The van der Waals surface area contributed by atoms with Crippen LogP contribution in [0.2, 0.25) is 5.02 Å². The molecule has 2 fully saturated rings. The average molecular weight is 434 g/mol. The van der Waals surface area contributed by atoms with Crippen molar-refractivity contribution in [3.63, 3.8) is 0 Å². The van der Waals surface area contributed by atoms with Crippen molar-refractivity contribution in [2.75, 3.05) is 34.1 Å². The second-order valence-corrected chi connectivity index (χ2v) is 8.52. The lowest BCUT2D eigenvalue weighted by Crippen LogP contribution is -2.35. The second kappa shape index (κ2) is 7.44. The Morgan fingerprint density at radius 3 is 2.93 bits per heavy atom. The molecule has 3 atom stereocenters. The Bertz CT molecular complexity index is 974. The van der Waals surface area contributed by atoms with E-state index in [9.17, 15) is 5.11 Å². The zero-order chi connectivity index (χ0) is 20.9. The standard InChI is InChI=1S/C21H24ClN3O5/c1-27-19-14(7-23-20(24-19)28-2)21(26)4-3-13-9-25(10-15(13)21)8-12-5-16(22)18-17(6-12)29-11-30-18/h5-7,13,15,26H,3-4,8-11H2,1-2H3/t13-,15+,21+/m1/s1. The highest BCUT2D eigenvalue weighted by Gasteiger charge is 2.53. The van der Waals surface area contributed by atoms with E-state index < -0.39 is 5.60 Å². The Hall–Kier alpha value is -2.29. The first kappa shape index (κ1) is 19.7. The minimum absolute atomic E-state index is 0.0767. The minimum atomic E-state index is -1.02. The third-order valence-corrected chi connectivity index (χ3v) is 6.77. The van der Waals surface area contributed by atoms with Gasteiger partial charge in [-0.05, 0) is 36.5 Å². The molecule has 2 aromatic rings. The molecule has 5 rings (SSSR count). The number of fused-ring (bicyclic) bond motifs is 2. The van der Waals surface area contributed by atoms with Crippen LogP contribution in [-0.2, 0) is 12.1 Å². The van der Waals surface area contributed by atoms with Gasteiger partial charge in [-0.3, -0.25) is 4.90 Å². The highest BCUT2D eigenvalue weighted by atomic mass is 35.5. The van der Waals surface area contributed by atoms with Gasteiger partial charge in [-0.25, -0.2) is 4.98 Å². The molecule has 8 nitrogen and oxygen atoms in total. The van der Waals surface area contributed by atoms with E-state index in [4.69, 9.17) is 30.5 Å². The van der Waals surface area contributed by atoms with Gasteiger partial charge >= 0.3 is 6.01 Å². The number of rotatable bonds is 5. The summed E-state index contributed by atoms with van der Waals surface area (Å²) in [4.78, 5) is 10.8. The van der Waals surface area contributed by atoms with Crippen LogP contribution < -0.4 is 18.9 Å². The number of hydrogen-bond acceptors (Lipinski definition) is 8. The molecule has 0 spiro atoms. The van der Waals surface area contributed by atoms with Crippen LogP contribution in [0.15, 0.2) is 18.3 Å². The zero-order valence-corrected chi connectivity index (χ0v) is 17.7. The zero-order valence-electron chi connectivity index (χ0n) is 16.9. The number of ether oxygens (including phenoxy) is 4. The molecule has 160 valence electrons. The van der Waals surface area contributed by atoms with Crippen molar-refractivity contribution < 1.29 is 24.1 Å². The van der Waals surface area contributed by atoms with Crippen molar-refractivity contribution in [3.8, 4) is 23.4 Å². The summed E-state index contributed by atoms with van der Waals surface area (Å²) in [7, 11) is 3.05. The van der Waals surface area contributed by atoms with Crippen LogP contribution in [0.3, 0.4) is 0 Å². The number of halogens is 1. The van der Waals surface area contributed by atoms with E-state index in [1.165, 1.54) is 7.11 Å². The third-order valence-electron chi connectivity index (χ3n) is 6.49. The molecule has 0 bridgehead atoms. The molecule has 30 heavy (non-hydrogen) atoms. The van der Waals surface area contributed by atoms with Gasteiger partial charge in [0.2, 0.25) is 12.7 Å². The van der Waals surface area contributed by atoms with Crippen LogP contribution in [0.1, 0.15) is 24.0 Å². The maximum atomic E-state index is 11.7. The normalized spacial score (nSPS) is 27.3. The summed E-state index contributed by atoms with van der Waals surface area (Å²) < 4.78 is 21.4. The van der Waals surface area contributed by atoms with Crippen LogP contribution in [0.4, 0.5) is 0 Å². The smallest absolute Gasteiger partial charge is 0.319 e. The summed E-state index contributed by atoms with van der Waals surface area (Å²) in [6.45, 7) is 2.61. The monoisotopic (exact) mass is 433 g/mol. The fraction of sp³-hybridized carbons (Fsp3) is 0.524. The predicted octanol–water partition coefficient (Wildman–Crippen LogP) is 2.61. The summed E-state index contributed by atoms with van der Waals surface area (Å²) in [6, 6.07) is 4.13. The van der Waals surface area contributed by atoms with Crippen LogP contribution in [0.25, 0.3) is 0 Å². The van der Waals surface area contributed by atoms with Crippen LogP contribution in [-0.4, -0.2) is 54.1 Å². The van der Waals surface area contributed by atoms with Crippen molar-refractivity contribution >= 4 is 11.6 Å². The van der Waals surface area contributed by atoms with E-state index in [-0.39, 0.29) is 18.7 Å². The van der Waals surface area contributed by atoms with Gasteiger partial charge in [-0.2, -0.15) is 4.98 Å². The van der Waals surface area contributed by atoms with Gasteiger partial charge < -0.3 is 24.1 Å². The molecule has 0 unspecified atom stereocenters. The van der Waals surface area contributed by atoms with Crippen LogP contribution >= 0.6 is 11.6 Å². The number of hydrogen-bond donors (Lipinski definition) is 1. The fourth-order valence-corrected chi connectivity index (χ4v) is 5.41. The molecule has 2 aliphatic heterocycles. The van der Waals surface area contributed by atoms with Crippen molar-refractivity contribution in [3.05, 3.63) is 34.5 Å². The fourth-order valence-electron chi connectivity index (χ4n) is 5.12. The van der Waals surface area contributed by atoms with Crippen LogP contribution in [0.5, 0.6) is 23.4 Å². The SMILES string of the molecule is COc1ncc([C@@]2(O)CC[C@@H]3CN(Cc4cc(Cl)c5c(c4)OCO5)C[C@@H]32)c(OC)n1. The predicted molar refractivity (Wildman–Crippen MR) is 108 cm³/mol. The molecule has 3 heterocycles. The lowest BCUT2D eigenvalue weighted by Gasteiger charge is -2.31. The van der Waals surface area contributed by atoms with Gasteiger partial charge in [0.25, 0.3) is 0 Å². The number of nitrogens with zero attached hydrogens (tertiary/aromatic N) is 3. The summed E-state index contributed by atoms with van der Waals surface area (Å²) in [6.07, 6.45) is 3.24. The molecule has 1 aromatic carbocycles. The third kappa shape index (κ3) is 3.14. The Morgan fingerprint density at radius 1 is 1.27 bits per heavy atom. The van der Waals surface area contributed by atoms with E-state index in [1.54, 1.807) is 13.3 Å². The molecule has 1 saturated carbocycles. The van der Waals surface area contributed by atoms with Crippen molar-refractivity contribution in [2.45, 2.75) is 25.0 Å². The van der Waals surface area contributed by atoms with Gasteiger partial charge in [0.05, 0.1) is 24.8 Å². The average Bonchev–Trinajstić information content (AvgIpc) is 3.45. The van der Waals surface area contributed by atoms with Gasteiger partial charge in [-0.15, -0.1) is 0 Å². The molecule has 3 aliphatic rings. The maximum Gasteiger partial charge on any atom is 0.319 e. The molecule has 1 aromatic heterocycles. The molecule has 1 aliphatic carbocycles. The Labute approximate surface area is 179 Å². The van der Waals surface area contributed by atoms with Gasteiger partial charge in [0, 0.05) is 31.7 Å². The molecule has 0 radical (unpaired) electrons. The second-order valence-electron chi connectivity index (χ2n) is 8.11. The van der Waals surface area contributed by atoms with Crippen molar-refractivity contribution in [2.24, 2.45) is 11.8 Å². The van der Waals surface area contributed by atoms with Gasteiger partial charge in [0.1, 0.15) is 5.60 Å². The first-order chi connectivity index (χ1) is 14.5. The first-order valence-electron chi connectivity index (χ1n) is 10.00. The molecule has 1 N–H and O–H groups in total. The first-order valence-corrected chi connectivity index (χ1v) is 10.4. The van der Waals surface area contributed by atoms with E-state index >= 15 is 0 Å². The molecule has 0 amide bonds. The van der Waals surface area contributed by atoms with Crippen molar-refractivity contribution in [1.82, 2.24) is 14.9 Å². The van der Waals surface area contributed by atoms with E-state index in [2.05, 4.69) is 14.9 Å². The lowest BCUT2D eigenvalue weighted by molar-refractivity contribution is -0.00972. The van der Waals surface area contributed by atoms with E-state index in [0.717, 1.165) is 31.6 Å². The van der Waals surface area contributed by atoms with Crippen LogP contribution in [0, 0.1) is 11.8 Å². The van der Waals surface area contributed by atoms with Crippen molar-refractivity contribution in [1.29, 1.82) is 0 Å². The van der Waals surface area contributed by atoms with Gasteiger partial charge in [0.15, 0.2) is 11.5 Å². The summed E-state index contributed by atoms with van der Waals surface area (Å²) >= 11 is 6.34. The molecule has 1 saturated heterocycles. The number of likely N-dealkylation sites (tertiary alicyclic amines) is 1. The molecule has 9 heteroatoms. The maximum absolute atomic E-state index is 11.7. The summed E-state index contributed by atoms with van der Waals surface area (Å²) in [5, 5.41) is 12.2. The molecular formula is C21H24ClN3O5. The Balaban J connectivity index is 1.36. The Morgan fingerprint density at radius 2 is 2.13 bits per heavy atom. The minimum Gasteiger partial charge on any atom is -0.481 e.